The lowest BCUT2D eigenvalue weighted by molar-refractivity contribution is 0.140. The predicted octanol–water partition coefficient (Wildman–Crippen LogP) is 3.44. The van der Waals surface area contributed by atoms with Crippen molar-refractivity contribution in [3.05, 3.63) is 0 Å². The number of hydrogen-bond donors (Lipinski definition) is 1. The molecule has 1 fully saturated rings. The van der Waals surface area contributed by atoms with Gasteiger partial charge in [0, 0.05) is 26.2 Å². The van der Waals surface area contributed by atoms with Crippen molar-refractivity contribution in [2.24, 2.45) is 0 Å². The second-order valence-corrected chi connectivity index (χ2v) is 6.21. The summed E-state index contributed by atoms with van der Waals surface area (Å²) in [6.45, 7) is 7.90. The Labute approximate surface area is 126 Å². The molecule has 1 saturated heterocycles. The van der Waals surface area contributed by atoms with Crippen LogP contribution in [-0.4, -0.2) is 50.8 Å². The fraction of sp³-hybridized carbons (Fsp3) is 1.00. The van der Waals surface area contributed by atoms with E-state index in [2.05, 4.69) is 17.1 Å². The minimum Gasteiger partial charge on any atom is -0.383 e. The van der Waals surface area contributed by atoms with E-state index in [0.717, 1.165) is 19.2 Å². The Morgan fingerprint density at radius 3 is 2.45 bits per heavy atom. The molecule has 1 atom stereocenters. The van der Waals surface area contributed by atoms with Crippen molar-refractivity contribution in [2.75, 3.05) is 39.9 Å². The van der Waals surface area contributed by atoms with Gasteiger partial charge in [0.25, 0.3) is 0 Å². The van der Waals surface area contributed by atoms with Gasteiger partial charge < -0.3 is 10.1 Å². The Balaban J connectivity index is 2.06. The summed E-state index contributed by atoms with van der Waals surface area (Å²) in [4.78, 5) is 2.60. The van der Waals surface area contributed by atoms with Gasteiger partial charge in [0.1, 0.15) is 0 Å². The molecule has 1 unspecified atom stereocenters. The molecule has 0 aromatic heterocycles. The zero-order valence-corrected chi connectivity index (χ0v) is 13.8. The van der Waals surface area contributed by atoms with E-state index in [-0.39, 0.29) is 0 Å². The summed E-state index contributed by atoms with van der Waals surface area (Å²) in [7, 11) is 1.81. The minimum atomic E-state index is 0.719. The van der Waals surface area contributed by atoms with Gasteiger partial charge in [0.05, 0.1) is 6.61 Å². The maximum atomic E-state index is 5.25. The lowest BCUT2D eigenvalue weighted by atomic mass is 10.1. The highest BCUT2D eigenvalue weighted by atomic mass is 16.5. The van der Waals surface area contributed by atoms with Crippen molar-refractivity contribution < 1.29 is 4.74 Å². The van der Waals surface area contributed by atoms with Crippen molar-refractivity contribution in [1.29, 1.82) is 0 Å². The molecule has 0 amide bonds. The SMILES string of the molecule is CCCCCCCCCN(CCOC)CC1CCCN1. The van der Waals surface area contributed by atoms with E-state index in [1.807, 2.05) is 0 Å². The molecule has 0 bridgehead atoms. The molecule has 1 N–H and O–H groups in total. The second-order valence-electron chi connectivity index (χ2n) is 6.21. The Morgan fingerprint density at radius 1 is 1.05 bits per heavy atom. The zero-order valence-electron chi connectivity index (χ0n) is 13.8. The van der Waals surface area contributed by atoms with Gasteiger partial charge in [-0.2, -0.15) is 0 Å². The Kier molecular flexibility index (Phi) is 11.3. The summed E-state index contributed by atoms with van der Waals surface area (Å²) in [5, 5.41) is 3.61. The molecule has 0 radical (unpaired) electrons. The van der Waals surface area contributed by atoms with Crippen LogP contribution in [0.3, 0.4) is 0 Å². The summed E-state index contributed by atoms with van der Waals surface area (Å²) in [6.07, 6.45) is 12.5. The fourth-order valence-corrected chi connectivity index (χ4v) is 3.03. The molecule has 1 aliphatic heterocycles. The standard InChI is InChI=1S/C17H36N2O/c1-3-4-5-6-7-8-9-13-19(14-15-20-2)16-17-11-10-12-18-17/h17-18H,3-16H2,1-2H3. The summed E-state index contributed by atoms with van der Waals surface area (Å²) in [5.41, 5.74) is 0. The van der Waals surface area contributed by atoms with Gasteiger partial charge in [0.2, 0.25) is 0 Å². The quantitative estimate of drug-likeness (QED) is 0.524. The molecule has 1 aliphatic rings. The molecule has 0 aromatic rings. The number of methoxy groups -OCH3 is 1. The summed E-state index contributed by atoms with van der Waals surface area (Å²) in [5.74, 6) is 0. The summed E-state index contributed by atoms with van der Waals surface area (Å²) >= 11 is 0. The van der Waals surface area contributed by atoms with Gasteiger partial charge in [-0.3, -0.25) is 4.90 Å². The highest BCUT2D eigenvalue weighted by Gasteiger charge is 2.17. The number of ether oxygens (including phenoxy) is 1. The number of rotatable bonds is 13. The summed E-state index contributed by atoms with van der Waals surface area (Å²) in [6, 6.07) is 0.719. The molecule has 20 heavy (non-hydrogen) atoms. The van der Waals surface area contributed by atoms with Crippen molar-refractivity contribution in [1.82, 2.24) is 10.2 Å². The first-order chi connectivity index (χ1) is 9.86. The minimum absolute atomic E-state index is 0.719. The predicted molar refractivity (Wildman–Crippen MR) is 87.3 cm³/mol. The Hall–Kier alpha value is -0.120. The van der Waals surface area contributed by atoms with Gasteiger partial charge in [-0.05, 0) is 32.4 Å². The molecule has 1 rings (SSSR count). The number of nitrogens with one attached hydrogen (secondary N) is 1. The first-order valence-electron chi connectivity index (χ1n) is 8.81. The van der Waals surface area contributed by atoms with Crippen LogP contribution in [0.15, 0.2) is 0 Å². The highest BCUT2D eigenvalue weighted by Crippen LogP contribution is 2.10. The van der Waals surface area contributed by atoms with E-state index in [1.54, 1.807) is 7.11 Å². The van der Waals surface area contributed by atoms with Gasteiger partial charge in [-0.25, -0.2) is 0 Å². The van der Waals surface area contributed by atoms with Crippen molar-refractivity contribution in [3.63, 3.8) is 0 Å². The van der Waals surface area contributed by atoms with E-state index in [4.69, 9.17) is 4.74 Å². The van der Waals surface area contributed by atoms with Crippen molar-refractivity contribution >= 4 is 0 Å². The Bertz CT molecular complexity index is 205. The van der Waals surface area contributed by atoms with E-state index in [9.17, 15) is 0 Å². The average Bonchev–Trinajstić information content (AvgIpc) is 2.96. The van der Waals surface area contributed by atoms with E-state index in [0.29, 0.717) is 0 Å². The first kappa shape index (κ1) is 17.9. The second kappa shape index (κ2) is 12.6. The smallest absolute Gasteiger partial charge is 0.0589 e. The maximum Gasteiger partial charge on any atom is 0.0589 e. The molecule has 3 heteroatoms. The average molecular weight is 284 g/mol. The molecule has 0 aromatic carbocycles. The monoisotopic (exact) mass is 284 g/mol. The van der Waals surface area contributed by atoms with E-state index >= 15 is 0 Å². The first-order valence-corrected chi connectivity index (χ1v) is 8.81. The molecule has 120 valence electrons. The van der Waals surface area contributed by atoms with Crippen LogP contribution in [0.2, 0.25) is 0 Å². The van der Waals surface area contributed by atoms with Crippen LogP contribution < -0.4 is 5.32 Å². The van der Waals surface area contributed by atoms with Crippen LogP contribution in [0.1, 0.15) is 64.7 Å². The number of hydrogen-bond acceptors (Lipinski definition) is 3. The molecular formula is C17H36N2O. The molecule has 0 aliphatic carbocycles. The molecule has 3 nitrogen and oxygen atoms in total. The number of unbranched alkanes of at least 4 members (excludes halogenated alkanes) is 6. The molecule has 0 saturated carbocycles. The van der Waals surface area contributed by atoms with Crippen LogP contribution in [0.4, 0.5) is 0 Å². The molecular weight excluding hydrogens is 248 g/mol. The lowest BCUT2D eigenvalue weighted by Crippen LogP contribution is -2.39. The number of nitrogens with zero attached hydrogens (tertiary/aromatic N) is 1. The molecule has 1 heterocycles. The van der Waals surface area contributed by atoms with Crippen LogP contribution >= 0.6 is 0 Å². The van der Waals surface area contributed by atoms with Gasteiger partial charge >= 0.3 is 0 Å². The maximum absolute atomic E-state index is 5.25. The third-order valence-corrected chi connectivity index (χ3v) is 4.33. The van der Waals surface area contributed by atoms with Crippen molar-refractivity contribution in [3.8, 4) is 0 Å². The van der Waals surface area contributed by atoms with Crippen LogP contribution in [-0.2, 0) is 4.74 Å². The Morgan fingerprint density at radius 2 is 1.80 bits per heavy atom. The van der Waals surface area contributed by atoms with Crippen LogP contribution in [0, 0.1) is 0 Å². The normalized spacial score (nSPS) is 19.1. The zero-order chi connectivity index (χ0) is 14.5. The van der Waals surface area contributed by atoms with Crippen LogP contribution in [0.25, 0.3) is 0 Å². The summed E-state index contributed by atoms with van der Waals surface area (Å²) < 4.78 is 5.25. The topological polar surface area (TPSA) is 24.5 Å². The van der Waals surface area contributed by atoms with Gasteiger partial charge in [0.15, 0.2) is 0 Å². The lowest BCUT2D eigenvalue weighted by Gasteiger charge is -2.25. The third kappa shape index (κ3) is 8.93. The van der Waals surface area contributed by atoms with Crippen molar-refractivity contribution in [2.45, 2.75) is 70.8 Å². The largest absolute Gasteiger partial charge is 0.383 e. The highest BCUT2D eigenvalue weighted by molar-refractivity contribution is 4.77. The van der Waals surface area contributed by atoms with Gasteiger partial charge in [-0.1, -0.05) is 45.4 Å². The van der Waals surface area contributed by atoms with E-state index < -0.39 is 0 Å². The molecule has 0 spiro atoms. The van der Waals surface area contributed by atoms with Crippen LogP contribution in [0.5, 0.6) is 0 Å². The fourth-order valence-electron chi connectivity index (χ4n) is 3.03. The van der Waals surface area contributed by atoms with E-state index in [1.165, 1.54) is 77.4 Å². The van der Waals surface area contributed by atoms with Gasteiger partial charge in [-0.15, -0.1) is 0 Å². The third-order valence-electron chi connectivity index (χ3n) is 4.33.